The van der Waals surface area contributed by atoms with E-state index in [1.54, 1.807) is 30.3 Å². The average Bonchev–Trinajstić information content (AvgIpc) is 2.64. The summed E-state index contributed by atoms with van der Waals surface area (Å²) in [4.78, 5) is 11.6. The van der Waals surface area contributed by atoms with Crippen LogP contribution >= 0.6 is 0 Å². The van der Waals surface area contributed by atoms with Crippen LogP contribution in [0.2, 0.25) is 0 Å². The molecule has 1 aromatic rings. The first-order valence-electron chi connectivity index (χ1n) is 5.47. The van der Waals surface area contributed by atoms with E-state index in [4.69, 9.17) is 14.6 Å². The Kier molecular flexibility index (Phi) is 3.90. The Morgan fingerprint density at radius 1 is 1.33 bits per heavy atom. The van der Waals surface area contributed by atoms with Gasteiger partial charge in [-0.2, -0.15) is 0 Å². The highest BCUT2D eigenvalue weighted by Gasteiger charge is 2.43. The summed E-state index contributed by atoms with van der Waals surface area (Å²) in [6.07, 6.45) is -6.11. The fourth-order valence-electron chi connectivity index (χ4n) is 1.66. The third kappa shape index (κ3) is 2.66. The summed E-state index contributed by atoms with van der Waals surface area (Å²) in [6, 6.07) is 8.25. The number of esters is 1. The molecule has 1 aliphatic heterocycles. The standard InChI is InChI=1S/C12H13FO5/c13-9-10(14)8(18-12(9)16)6-17-11(15)7-4-2-1-3-5-7/h1-5,8-10,12,14,16H,6H2/t8-,9-,10?,12?/m1/s1. The van der Waals surface area contributed by atoms with Gasteiger partial charge in [-0.1, -0.05) is 18.2 Å². The van der Waals surface area contributed by atoms with Crippen molar-refractivity contribution in [3.05, 3.63) is 35.9 Å². The summed E-state index contributed by atoms with van der Waals surface area (Å²) in [5.74, 6) is -0.594. The highest BCUT2D eigenvalue weighted by atomic mass is 19.1. The summed E-state index contributed by atoms with van der Waals surface area (Å²) in [7, 11) is 0. The molecular formula is C12H13FO5. The lowest BCUT2D eigenvalue weighted by Crippen LogP contribution is -2.32. The quantitative estimate of drug-likeness (QED) is 0.759. The van der Waals surface area contributed by atoms with Gasteiger partial charge in [-0.05, 0) is 12.1 Å². The molecule has 0 saturated carbocycles. The topological polar surface area (TPSA) is 76.0 Å². The van der Waals surface area contributed by atoms with E-state index in [9.17, 15) is 14.3 Å². The van der Waals surface area contributed by atoms with Crippen LogP contribution in [-0.2, 0) is 9.47 Å². The maximum atomic E-state index is 13.0. The van der Waals surface area contributed by atoms with E-state index in [-0.39, 0.29) is 6.61 Å². The number of hydrogen-bond acceptors (Lipinski definition) is 5. The van der Waals surface area contributed by atoms with Gasteiger partial charge in [-0.3, -0.25) is 0 Å². The smallest absolute Gasteiger partial charge is 0.338 e. The normalized spacial score (nSPS) is 31.3. The van der Waals surface area contributed by atoms with Crippen molar-refractivity contribution in [1.82, 2.24) is 0 Å². The Hall–Kier alpha value is -1.50. The molecule has 1 aliphatic rings. The van der Waals surface area contributed by atoms with E-state index >= 15 is 0 Å². The van der Waals surface area contributed by atoms with Crippen molar-refractivity contribution in [3.8, 4) is 0 Å². The van der Waals surface area contributed by atoms with E-state index < -0.39 is 30.6 Å². The number of ether oxygens (including phenoxy) is 2. The van der Waals surface area contributed by atoms with E-state index in [2.05, 4.69) is 0 Å². The molecule has 2 rings (SSSR count). The first-order valence-corrected chi connectivity index (χ1v) is 5.47. The van der Waals surface area contributed by atoms with E-state index in [1.165, 1.54) is 0 Å². The molecule has 5 nitrogen and oxygen atoms in total. The van der Waals surface area contributed by atoms with Gasteiger partial charge in [-0.15, -0.1) is 0 Å². The van der Waals surface area contributed by atoms with Crippen molar-refractivity contribution in [1.29, 1.82) is 0 Å². The lowest BCUT2D eigenvalue weighted by Gasteiger charge is -2.13. The second kappa shape index (κ2) is 5.43. The highest BCUT2D eigenvalue weighted by Crippen LogP contribution is 2.22. The molecule has 0 spiro atoms. The van der Waals surface area contributed by atoms with Crippen molar-refractivity contribution in [2.24, 2.45) is 0 Å². The molecule has 0 radical (unpaired) electrons. The van der Waals surface area contributed by atoms with Crippen LogP contribution in [0, 0.1) is 0 Å². The largest absolute Gasteiger partial charge is 0.459 e. The molecule has 1 fully saturated rings. The number of rotatable bonds is 3. The molecule has 1 saturated heterocycles. The van der Waals surface area contributed by atoms with Gasteiger partial charge >= 0.3 is 5.97 Å². The molecule has 4 atom stereocenters. The summed E-state index contributed by atoms with van der Waals surface area (Å²) >= 11 is 0. The van der Waals surface area contributed by atoms with Crippen LogP contribution in [0.4, 0.5) is 4.39 Å². The third-order valence-corrected chi connectivity index (χ3v) is 2.68. The van der Waals surface area contributed by atoms with Crippen molar-refractivity contribution in [2.45, 2.75) is 24.7 Å². The number of alkyl halides is 1. The van der Waals surface area contributed by atoms with E-state index in [0.717, 1.165) is 0 Å². The zero-order valence-electron chi connectivity index (χ0n) is 9.40. The number of carbonyl (C=O) groups is 1. The molecule has 1 heterocycles. The van der Waals surface area contributed by atoms with Crippen molar-refractivity contribution < 1.29 is 28.9 Å². The van der Waals surface area contributed by atoms with Crippen molar-refractivity contribution in [3.63, 3.8) is 0 Å². The van der Waals surface area contributed by atoms with Gasteiger partial charge in [0.05, 0.1) is 5.56 Å². The highest BCUT2D eigenvalue weighted by molar-refractivity contribution is 5.89. The Bertz CT molecular complexity index is 410. The van der Waals surface area contributed by atoms with Gasteiger partial charge < -0.3 is 19.7 Å². The minimum atomic E-state index is -1.88. The lowest BCUT2D eigenvalue weighted by molar-refractivity contribution is -0.122. The van der Waals surface area contributed by atoms with Crippen LogP contribution in [0.1, 0.15) is 10.4 Å². The first-order chi connectivity index (χ1) is 8.59. The van der Waals surface area contributed by atoms with E-state index in [0.29, 0.717) is 5.56 Å². The summed E-state index contributed by atoms with van der Waals surface area (Å²) in [6.45, 7) is -0.313. The summed E-state index contributed by atoms with van der Waals surface area (Å²) in [5.41, 5.74) is 0.349. The molecular weight excluding hydrogens is 243 g/mol. The molecule has 2 unspecified atom stereocenters. The second-order valence-electron chi connectivity index (χ2n) is 3.96. The Morgan fingerprint density at radius 2 is 2.00 bits per heavy atom. The monoisotopic (exact) mass is 256 g/mol. The van der Waals surface area contributed by atoms with Gasteiger partial charge in [-0.25, -0.2) is 9.18 Å². The van der Waals surface area contributed by atoms with Crippen LogP contribution in [-0.4, -0.2) is 47.5 Å². The number of aliphatic hydroxyl groups excluding tert-OH is 2. The lowest BCUT2D eigenvalue weighted by atomic mass is 10.2. The SMILES string of the molecule is O=C(OC[C@H]1OC(O)[C@H](F)C1O)c1ccccc1. The molecule has 0 amide bonds. The molecule has 2 N–H and O–H groups in total. The zero-order valence-corrected chi connectivity index (χ0v) is 9.40. The van der Waals surface area contributed by atoms with Crippen LogP contribution in [0.3, 0.4) is 0 Å². The fourth-order valence-corrected chi connectivity index (χ4v) is 1.66. The number of aliphatic hydroxyl groups is 2. The molecule has 6 heteroatoms. The Balaban J connectivity index is 1.88. The summed E-state index contributed by atoms with van der Waals surface area (Å²) in [5, 5.41) is 18.4. The van der Waals surface area contributed by atoms with Crippen LogP contribution in [0.5, 0.6) is 0 Å². The van der Waals surface area contributed by atoms with Gasteiger partial charge in [0.2, 0.25) is 0 Å². The summed E-state index contributed by atoms with van der Waals surface area (Å²) < 4.78 is 22.6. The fraction of sp³-hybridized carbons (Fsp3) is 0.417. The maximum absolute atomic E-state index is 13.0. The second-order valence-corrected chi connectivity index (χ2v) is 3.96. The number of halogens is 1. The van der Waals surface area contributed by atoms with Crippen molar-refractivity contribution in [2.75, 3.05) is 6.61 Å². The number of carbonyl (C=O) groups excluding carboxylic acids is 1. The molecule has 0 bridgehead atoms. The maximum Gasteiger partial charge on any atom is 0.338 e. The number of hydrogen-bond donors (Lipinski definition) is 2. The Labute approximate surface area is 103 Å². The van der Waals surface area contributed by atoms with Gasteiger partial charge in [0.25, 0.3) is 0 Å². The molecule has 1 aromatic carbocycles. The molecule has 0 aromatic heterocycles. The number of benzene rings is 1. The van der Waals surface area contributed by atoms with E-state index in [1.807, 2.05) is 0 Å². The third-order valence-electron chi connectivity index (χ3n) is 2.68. The van der Waals surface area contributed by atoms with Crippen molar-refractivity contribution >= 4 is 5.97 Å². The van der Waals surface area contributed by atoms with Gasteiger partial charge in [0.1, 0.15) is 18.8 Å². The zero-order chi connectivity index (χ0) is 13.1. The molecule has 98 valence electrons. The van der Waals surface area contributed by atoms with Crippen LogP contribution < -0.4 is 0 Å². The Morgan fingerprint density at radius 3 is 2.56 bits per heavy atom. The minimum absolute atomic E-state index is 0.313. The minimum Gasteiger partial charge on any atom is -0.459 e. The average molecular weight is 256 g/mol. The predicted molar refractivity (Wildman–Crippen MR) is 58.5 cm³/mol. The molecule has 18 heavy (non-hydrogen) atoms. The van der Waals surface area contributed by atoms with Gasteiger partial charge in [0, 0.05) is 0 Å². The first kappa shape index (κ1) is 12.9. The van der Waals surface area contributed by atoms with Crippen LogP contribution in [0.25, 0.3) is 0 Å². The van der Waals surface area contributed by atoms with Crippen LogP contribution in [0.15, 0.2) is 30.3 Å². The molecule has 0 aliphatic carbocycles. The van der Waals surface area contributed by atoms with Gasteiger partial charge in [0.15, 0.2) is 12.5 Å². The predicted octanol–water partition coefficient (Wildman–Crippen LogP) is 0.260.